The Morgan fingerprint density at radius 2 is 1.95 bits per heavy atom. The third-order valence-corrected chi connectivity index (χ3v) is 6.09. The van der Waals surface area contributed by atoms with Gasteiger partial charge in [0.25, 0.3) is 0 Å². The molecule has 0 radical (unpaired) electrons. The molecule has 2 aliphatic rings. The molecule has 1 unspecified atom stereocenters. The molecule has 0 spiro atoms. The molecule has 3 rings (SSSR count). The Morgan fingerprint density at radius 1 is 1.27 bits per heavy atom. The fourth-order valence-corrected chi connectivity index (χ4v) is 4.31. The molecule has 2 fully saturated rings. The molecule has 1 aromatic carbocycles. The Morgan fingerprint density at radius 3 is 2.59 bits per heavy atom. The SMILES string of the molecule is CC(C(=O)Nc1ccccc1SC1CCCC1)C1CNC1.Cl. The van der Waals surface area contributed by atoms with Crippen molar-refractivity contribution in [3.05, 3.63) is 24.3 Å². The van der Waals surface area contributed by atoms with Crippen molar-refractivity contribution in [2.45, 2.75) is 42.8 Å². The van der Waals surface area contributed by atoms with Gasteiger partial charge in [0.05, 0.1) is 5.69 Å². The predicted octanol–water partition coefficient (Wildman–Crippen LogP) is 3.94. The molecule has 0 aromatic heterocycles. The van der Waals surface area contributed by atoms with Crippen LogP contribution in [0.5, 0.6) is 0 Å². The van der Waals surface area contributed by atoms with Crippen molar-refractivity contribution in [1.82, 2.24) is 5.32 Å². The van der Waals surface area contributed by atoms with Crippen LogP contribution in [0.25, 0.3) is 0 Å². The van der Waals surface area contributed by atoms with E-state index in [9.17, 15) is 4.79 Å². The van der Waals surface area contributed by atoms with Gasteiger partial charge < -0.3 is 10.6 Å². The molecule has 1 heterocycles. The summed E-state index contributed by atoms with van der Waals surface area (Å²) in [5.41, 5.74) is 0.985. The Hall–Kier alpha value is -0.710. The summed E-state index contributed by atoms with van der Waals surface area (Å²) in [7, 11) is 0. The molecule has 122 valence electrons. The van der Waals surface area contributed by atoms with E-state index in [1.165, 1.54) is 30.6 Å². The zero-order valence-electron chi connectivity index (χ0n) is 13.0. The molecule has 1 aliphatic carbocycles. The summed E-state index contributed by atoms with van der Waals surface area (Å²) < 4.78 is 0. The van der Waals surface area contributed by atoms with Crippen LogP contribution in [0.15, 0.2) is 29.2 Å². The number of rotatable bonds is 5. The van der Waals surface area contributed by atoms with Crippen molar-refractivity contribution in [1.29, 1.82) is 0 Å². The van der Waals surface area contributed by atoms with Crippen LogP contribution in [-0.4, -0.2) is 24.2 Å². The zero-order valence-corrected chi connectivity index (χ0v) is 14.6. The van der Waals surface area contributed by atoms with Gasteiger partial charge in [-0.15, -0.1) is 24.2 Å². The van der Waals surface area contributed by atoms with Crippen molar-refractivity contribution in [2.75, 3.05) is 18.4 Å². The van der Waals surface area contributed by atoms with Gasteiger partial charge in [-0.3, -0.25) is 4.79 Å². The van der Waals surface area contributed by atoms with Gasteiger partial charge in [0.1, 0.15) is 0 Å². The minimum absolute atomic E-state index is 0. The summed E-state index contributed by atoms with van der Waals surface area (Å²) >= 11 is 1.93. The average Bonchev–Trinajstić information content (AvgIpc) is 2.92. The number of para-hydroxylation sites is 1. The van der Waals surface area contributed by atoms with Crippen molar-refractivity contribution in [3.8, 4) is 0 Å². The number of carbonyl (C=O) groups excluding carboxylic acids is 1. The van der Waals surface area contributed by atoms with E-state index in [0.29, 0.717) is 5.92 Å². The maximum Gasteiger partial charge on any atom is 0.227 e. The number of thioether (sulfide) groups is 1. The summed E-state index contributed by atoms with van der Waals surface area (Å²) in [6.07, 6.45) is 5.30. The largest absolute Gasteiger partial charge is 0.325 e. The number of halogens is 1. The molecule has 5 heteroatoms. The molecule has 1 saturated carbocycles. The van der Waals surface area contributed by atoms with Gasteiger partial charge in [0.2, 0.25) is 5.91 Å². The smallest absolute Gasteiger partial charge is 0.227 e. The minimum Gasteiger partial charge on any atom is -0.325 e. The highest BCUT2D eigenvalue weighted by molar-refractivity contribution is 8.00. The molecule has 1 aliphatic heterocycles. The molecule has 0 bridgehead atoms. The maximum absolute atomic E-state index is 12.4. The van der Waals surface area contributed by atoms with Crippen molar-refractivity contribution >= 4 is 35.8 Å². The number of benzene rings is 1. The first-order chi connectivity index (χ1) is 10.2. The quantitative estimate of drug-likeness (QED) is 0.853. The average molecular weight is 341 g/mol. The van der Waals surface area contributed by atoms with Gasteiger partial charge in [0.15, 0.2) is 0 Å². The lowest BCUT2D eigenvalue weighted by Gasteiger charge is -2.31. The number of anilines is 1. The summed E-state index contributed by atoms with van der Waals surface area (Å²) in [5, 5.41) is 7.10. The Balaban J connectivity index is 0.00000176. The molecule has 1 aromatic rings. The highest BCUT2D eigenvalue weighted by Crippen LogP contribution is 2.38. The normalized spacial score (nSPS) is 20.0. The Kier molecular flexibility index (Phi) is 6.60. The minimum atomic E-state index is 0. The van der Waals surface area contributed by atoms with Gasteiger partial charge in [-0.05, 0) is 44.0 Å². The third-order valence-electron chi connectivity index (χ3n) is 4.67. The van der Waals surface area contributed by atoms with Crippen LogP contribution < -0.4 is 10.6 Å². The molecular formula is C17H25ClN2OS. The second-order valence-corrected chi connectivity index (χ2v) is 7.56. The molecular weight excluding hydrogens is 316 g/mol. The zero-order chi connectivity index (χ0) is 14.7. The summed E-state index contributed by atoms with van der Waals surface area (Å²) in [4.78, 5) is 13.6. The van der Waals surface area contributed by atoms with E-state index in [1.54, 1.807) is 0 Å². The van der Waals surface area contributed by atoms with Crippen molar-refractivity contribution in [2.24, 2.45) is 11.8 Å². The summed E-state index contributed by atoms with van der Waals surface area (Å²) in [5.74, 6) is 0.719. The summed E-state index contributed by atoms with van der Waals surface area (Å²) in [6.45, 7) is 3.97. The van der Waals surface area contributed by atoms with Crippen molar-refractivity contribution < 1.29 is 4.79 Å². The van der Waals surface area contributed by atoms with Gasteiger partial charge in [-0.25, -0.2) is 0 Å². The lowest BCUT2D eigenvalue weighted by atomic mass is 9.88. The number of hydrogen-bond donors (Lipinski definition) is 2. The van der Waals surface area contributed by atoms with Crippen LogP contribution in [0.4, 0.5) is 5.69 Å². The second kappa shape index (κ2) is 8.23. The van der Waals surface area contributed by atoms with E-state index in [4.69, 9.17) is 0 Å². The fourth-order valence-electron chi connectivity index (χ4n) is 2.98. The van der Waals surface area contributed by atoms with Crippen LogP contribution in [-0.2, 0) is 4.79 Å². The molecule has 3 nitrogen and oxygen atoms in total. The first-order valence-corrected chi connectivity index (χ1v) is 8.89. The lowest BCUT2D eigenvalue weighted by molar-refractivity contribution is -0.121. The topological polar surface area (TPSA) is 41.1 Å². The standard InChI is InChI=1S/C17H24N2OS.ClH/c1-12(13-10-18-11-13)17(20)19-15-8-4-5-9-16(15)21-14-6-2-3-7-14;/h4-5,8-9,12-14,18H,2-3,6-7,10-11H2,1H3,(H,19,20);1H. The van der Waals surface area contributed by atoms with E-state index >= 15 is 0 Å². The van der Waals surface area contributed by atoms with E-state index in [0.717, 1.165) is 24.0 Å². The predicted molar refractivity (Wildman–Crippen MR) is 96.0 cm³/mol. The first-order valence-electron chi connectivity index (χ1n) is 8.01. The molecule has 22 heavy (non-hydrogen) atoms. The molecule has 1 saturated heterocycles. The number of nitrogens with one attached hydrogen (secondary N) is 2. The fraction of sp³-hybridized carbons (Fsp3) is 0.588. The molecule has 1 amide bonds. The van der Waals surface area contributed by atoms with Crippen LogP contribution in [0.2, 0.25) is 0 Å². The number of hydrogen-bond acceptors (Lipinski definition) is 3. The van der Waals surface area contributed by atoms with Gasteiger partial charge in [0, 0.05) is 16.1 Å². The van der Waals surface area contributed by atoms with Crippen LogP contribution >= 0.6 is 24.2 Å². The van der Waals surface area contributed by atoms with Crippen LogP contribution in [0.3, 0.4) is 0 Å². The maximum atomic E-state index is 12.4. The van der Waals surface area contributed by atoms with E-state index in [2.05, 4.69) is 22.8 Å². The Labute approximate surface area is 143 Å². The number of carbonyl (C=O) groups is 1. The van der Waals surface area contributed by atoms with E-state index in [-0.39, 0.29) is 24.2 Å². The third kappa shape index (κ3) is 4.18. The highest BCUT2D eigenvalue weighted by atomic mass is 35.5. The second-order valence-electron chi connectivity index (χ2n) is 6.22. The number of amides is 1. The highest BCUT2D eigenvalue weighted by Gasteiger charge is 2.29. The summed E-state index contributed by atoms with van der Waals surface area (Å²) in [6, 6.07) is 8.23. The monoisotopic (exact) mass is 340 g/mol. The van der Waals surface area contributed by atoms with Gasteiger partial charge >= 0.3 is 0 Å². The Bertz CT molecular complexity index is 501. The first kappa shape index (κ1) is 17.6. The van der Waals surface area contributed by atoms with Crippen LogP contribution in [0.1, 0.15) is 32.6 Å². The molecule has 2 N–H and O–H groups in total. The van der Waals surface area contributed by atoms with Crippen molar-refractivity contribution in [3.63, 3.8) is 0 Å². The molecule has 1 atom stereocenters. The van der Waals surface area contributed by atoms with Gasteiger partial charge in [-0.2, -0.15) is 0 Å². The van der Waals surface area contributed by atoms with Gasteiger partial charge in [-0.1, -0.05) is 31.9 Å². The van der Waals surface area contributed by atoms with Crippen LogP contribution in [0, 0.1) is 11.8 Å². The van der Waals surface area contributed by atoms with E-state index in [1.807, 2.05) is 30.8 Å². The van der Waals surface area contributed by atoms with E-state index < -0.39 is 0 Å². The lowest BCUT2D eigenvalue weighted by Crippen LogP contribution is -2.48.